The van der Waals surface area contributed by atoms with Gasteiger partial charge in [0.15, 0.2) is 5.36 Å². The highest BCUT2D eigenvalue weighted by atomic mass is 16.6. The molecule has 0 fully saturated rings. The highest BCUT2D eigenvalue weighted by molar-refractivity contribution is 6.71. The number of hydrogen-bond acceptors (Lipinski definition) is 3. The van der Waals surface area contributed by atoms with Crippen molar-refractivity contribution in [3.8, 4) is 5.75 Å². The van der Waals surface area contributed by atoms with Crippen LogP contribution in [0.4, 0.5) is 5.69 Å². The van der Waals surface area contributed by atoms with Crippen LogP contribution in [0.3, 0.4) is 0 Å². The molecule has 35 heavy (non-hydrogen) atoms. The predicted molar refractivity (Wildman–Crippen MR) is 144 cm³/mol. The summed E-state index contributed by atoms with van der Waals surface area (Å²) in [5.74, 6) is 0.887. The van der Waals surface area contributed by atoms with E-state index in [1.165, 1.54) is 54.5 Å². The predicted octanol–water partition coefficient (Wildman–Crippen LogP) is 5.67. The SMILES string of the molecule is CCN1c2ccc3cccc4c3c2[C](C=C4)O[B-]12Oc1ccc3cccc4ccc(c1c34)=[N+]2CC. The highest BCUT2D eigenvalue weighted by Crippen LogP contribution is 2.48. The van der Waals surface area contributed by atoms with Crippen molar-refractivity contribution >= 4 is 50.9 Å². The van der Waals surface area contributed by atoms with Gasteiger partial charge in [0.1, 0.15) is 6.10 Å². The van der Waals surface area contributed by atoms with Crippen LogP contribution in [0.5, 0.6) is 5.75 Å². The van der Waals surface area contributed by atoms with Crippen LogP contribution in [-0.4, -0.2) is 19.9 Å². The van der Waals surface area contributed by atoms with E-state index in [-0.39, 0.29) is 0 Å². The zero-order chi connectivity index (χ0) is 23.3. The zero-order valence-electron chi connectivity index (χ0n) is 19.8. The van der Waals surface area contributed by atoms with Gasteiger partial charge in [-0.25, -0.2) is 0 Å². The van der Waals surface area contributed by atoms with Gasteiger partial charge in [-0.05, 0) is 64.9 Å². The van der Waals surface area contributed by atoms with Crippen LogP contribution >= 0.6 is 0 Å². The molecule has 169 valence electrons. The van der Waals surface area contributed by atoms with Gasteiger partial charge in [-0.1, -0.05) is 61.5 Å². The van der Waals surface area contributed by atoms with E-state index in [1.807, 2.05) is 0 Å². The van der Waals surface area contributed by atoms with Gasteiger partial charge in [0.25, 0.3) is 0 Å². The molecule has 1 radical (unpaired) electrons. The van der Waals surface area contributed by atoms with Crippen LogP contribution in [0.2, 0.25) is 0 Å². The standard InChI is InChI=1S/C30H24BN2O2/c1-3-32-23-15-11-19-7-5-9-21-13-17-25(29(23)27(19)21)34-31(32)33(4-2)24-16-12-20-8-6-10-22-14-18-26(35-31)30(24)28(20)22/h5-18H,3-4H2,1-2H3. The van der Waals surface area contributed by atoms with Crippen LogP contribution in [0.1, 0.15) is 25.0 Å². The van der Waals surface area contributed by atoms with Gasteiger partial charge in [-0.15, -0.1) is 0 Å². The number of rotatable bonds is 2. The summed E-state index contributed by atoms with van der Waals surface area (Å²) in [6.07, 6.45) is 5.17. The third kappa shape index (κ3) is 2.29. The summed E-state index contributed by atoms with van der Waals surface area (Å²) < 4.78 is 16.4. The van der Waals surface area contributed by atoms with Crippen molar-refractivity contribution in [3.63, 3.8) is 0 Å². The van der Waals surface area contributed by atoms with Gasteiger partial charge in [-0.3, -0.25) is 0 Å². The molecule has 0 saturated heterocycles. The van der Waals surface area contributed by atoms with E-state index in [0.717, 1.165) is 24.9 Å². The Morgan fingerprint density at radius 2 is 1.49 bits per heavy atom. The highest BCUT2D eigenvalue weighted by Gasteiger charge is 2.58. The molecule has 1 spiro atoms. The Labute approximate surface area is 203 Å². The number of benzene rings is 5. The molecule has 1 unspecified atom stereocenters. The fraction of sp³-hybridized carbons (Fsp3) is 0.133. The Morgan fingerprint density at radius 1 is 0.743 bits per heavy atom. The van der Waals surface area contributed by atoms with E-state index >= 15 is 0 Å². The van der Waals surface area contributed by atoms with Crippen LogP contribution in [0.25, 0.3) is 38.4 Å². The molecule has 0 N–H and O–H groups in total. The van der Waals surface area contributed by atoms with Crippen LogP contribution < -0.4 is 19.3 Å². The van der Waals surface area contributed by atoms with E-state index in [0.29, 0.717) is 0 Å². The van der Waals surface area contributed by atoms with E-state index < -0.39 is 6.82 Å². The van der Waals surface area contributed by atoms with Crippen molar-refractivity contribution in [2.24, 2.45) is 0 Å². The van der Waals surface area contributed by atoms with E-state index in [9.17, 15) is 0 Å². The largest absolute Gasteiger partial charge is 0.714 e. The summed E-state index contributed by atoms with van der Waals surface area (Å²) >= 11 is 0. The molecule has 5 aromatic carbocycles. The molecular formula is C30H24BN2O2. The van der Waals surface area contributed by atoms with Crippen molar-refractivity contribution in [2.45, 2.75) is 13.8 Å². The minimum Gasteiger partial charge on any atom is -0.613 e. The fourth-order valence-corrected chi connectivity index (χ4v) is 6.67. The molecule has 2 aliphatic heterocycles. The summed E-state index contributed by atoms with van der Waals surface area (Å²) in [7, 11) is 0. The summed E-state index contributed by atoms with van der Waals surface area (Å²) in [6.45, 7) is 3.88. The molecule has 1 aliphatic carbocycles. The molecular weight excluding hydrogens is 431 g/mol. The van der Waals surface area contributed by atoms with Crippen molar-refractivity contribution in [1.82, 2.24) is 4.49 Å². The molecule has 0 bridgehead atoms. The first-order valence-corrected chi connectivity index (χ1v) is 12.5. The molecule has 0 saturated carbocycles. The summed E-state index contributed by atoms with van der Waals surface area (Å²) in [5.41, 5.74) is 3.57. The lowest BCUT2D eigenvalue weighted by Gasteiger charge is -2.52. The summed E-state index contributed by atoms with van der Waals surface area (Å²) in [5, 5.41) is 8.55. The van der Waals surface area contributed by atoms with Crippen LogP contribution in [0.15, 0.2) is 78.9 Å². The van der Waals surface area contributed by atoms with E-state index in [2.05, 4.69) is 108 Å². The first-order chi connectivity index (χ1) is 17.2. The second-order valence-corrected chi connectivity index (χ2v) is 9.65. The Hall–Kier alpha value is -3.83. The lowest BCUT2D eigenvalue weighted by molar-refractivity contribution is 0.242. The van der Waals surface area contributed by atoms with Crippen molar-refractivity contribution < 1.29 is 9.31 Å². The second kappa shape index (κ2) is 6.64. The van der Waals surface area contributed by atoms with Gasteiger partial charge in [0.05, 0.1) is 17.7 Å². The molecule has 4 nitrogen and oxygen atoms in total. The molecule has 3 aliphatic rings. The first-order valence-electron chi connectivity index (χ1n) is 12.5. The zero-order valence-corrected chi connectivity index (χ0v) is 19.8. The fourth-order valence-electron chi connectivity index (χ4n) is 6.67. The number of anilines is 1. The van der Waals surface area contributed by atoms with Crippen molar-refractivity contribution in [3.05, 3.63) is 101 Å². The van der Waals surface area contributed by atoms with Crippen LogP contribution in [0, 0.1) is 6.10 Å². The summed E-state index contributed by atoms with van der Waals surface area (Å²) in [6, 6.07) is 26.2. The molecule has 8 rings (SSSR count). The molecule has 2 heterocycles. The molecule has 0 aromatic heterocycles. The Balaban J connectivity index is 1.48. The van der Waals surface area contributed by atoms with Crippen molar-refractivity contribution in [2.75, 3.05) is 17.9 Å². The van der Waals surface area contributed by atoms with Crippen LogP contribution in [-0.2, 0) is 4.65 Å². The van der Waals surface area contributed by atoms with Gasteiger partial charge < -0.3 is 18.6 Å². The molecule has 0 amide bonds. The van der Waals surface area contributed by atoms with Gasteiger partial charge in [0, 0.05) is 22.7 Å². The van der Waals surface area contributed by atoms with Gasteiger partial charge >= 0.3 is 6.82 Å². The van der Waals surface area contributed by atoms with Crippen molar-refractivity contribution in [1.29, 1.82) is 0 Å². The number of nitrogens with zero attached hydrogens (tertiary/aromatic N) is 2. The smallest absolute Gasteiger partial charge is 0.613 e. The maximum absolute atomic E-state index is 7.04. The summed E-state index contributed by atoms with van der Waals surface area (Å²) in [4.78, 5) is 2.34. The monoisotopic (exact) mass is 455 g/mol. The average Bonchev–Trinajstić information content (AvgIpc) is 2.90. The normalized spacial score (nSPS) is 20.4. The van der Waals surface area contributed by atoms with E-state index in [1.54, 1.807) is 0 Å². The second-order valence-electron chi connectivity index (χ2n) is 9.65. The Bertz CT molecular complexity index is 1790. The maximum Gasteiger partial charge on any atom is 0.714 e. The topological polar surface area (TPSA) is 24.7 Å². The third-order valence-corrected chi connectivity index (χ3v) is 8.08. The Morgan fingerprint density at radius 3 is 2.29 bits per heavy atom. The molecule has 5 aromatic rings. The average molecular weight is 455 g/mol. The number of hydrogen-bond donors (Lipinski definition) is 0. The molecule has 1 atom stereocenters. The van der Waals surface area contributed by atoms with Gasteiger partial charge in [0.2, 0.25) is 0 Å². The minimum atomic E-state index is -2.02. The minimum absolute atomic E-state index is 0.763. The molecule has 5 heteroatoms. The maximum atomic E-state index is 7.04. The lowest BCUT2D eigenvalue weighted by Crippen LogP contribution is -2.76. The first kappa shape index (κ1) is 19.5. The Kier molecular flexibility index (Phi) is 3.70. The quantitative estimate of drug-likeness (QED) is 0.321. The van der Waals surface area contributed by atoms with Gasteiger partial charge in [-0.2, -0.15) is 0 Å². The lowest BCUT2D eigenvalue weighted by atomic mass is 9.74. The van der Waals surface area contributed by atoms with E-state index in [4.69, 9.17) is 9.31 Å². The third-order valence-electron chi connectivity index (χ3n) is 8.08.